The number of hydrogen-bond acceptors (Lipinski definition) is 7. The molecule has 38 heavy (non-hydrogen) atoms. The maximum absolute atomic E-state index is 14.2. The van der Waals surface area contributed by atoms with Gasteiger partial charge < -0.3 is 15.8 Å². The third-order valence-corrected chi connectivity index (χ3v) is 7.53. The Kier molecular flexibility index (Phi) is 6.55. The van der Waals surface area contributed by atoms with E-state index in [0.29, 0.717) is 49.2 Å². The Morgan fingerprint density at radius 3 is 2.74 bits per heavy atom. The van der Waals surface area contributed by atoms with Crippen molar-refractivity contribution in [3.05, 3.63) is 59.8 Å². The van der Waals surface area contributed by atoms with Gasteiger partial charge in [0.15, 0.2) is 11.5 Å². The number of likely N-dealkylation sites (tertiary alicyclic amines) is 1. The molecule has 200 valence electrons. The Morgan fingerprint density at radius 2 is 2.03 bits per heavy atom. The number of pyridine rings is 2. The maximum Gasteiger partial charge on any atom is 0.408 e. The average molecular weight is 526 g/mol. The van der Waals surface area contributed by atoms with Gasteiger partial charge >= 0.3 is 6.18 Å². The van der Waals surface area contributed by atoms with Gasteiger partial charge in [-0.25, -0.2) is 4.98 Å². The quantitative estimate of drug-likeness (QED) is 0.382. The molecule has 6 rings (SSSR count). The van der Waals surface area contributed by atoms with E-state index in [4.69, 9.17) is 15.5 Å². The molecule has 4 unspecified atom stereocenters. The molecule has 0 bridgehead atoms. The molecule has 11 heteroatoms. The van der Waals surface area contributed by atoms with E-state index in [0.717, 1.165) is 23.0 Å². The molecule has 0 amide bonds. The van der Waals surface area contributed by atoms with E-state index in [2.05, 4.69) is 22.4 Å². The molecular formula is C27H30F3N7O. The number of ether oxygens (including phenoxy) is 1. The van der Waals surface area contributed by atoms with Gasteiger partial charge in [0.1, 0.15) is 11.7 Å². The Bertz CT molecular complexity index is 1460. The van der Waals surface area contributed by atoms with Crippen LogP contribution >= 0.6 is 0 Å². The predicted molar refractivity (Wildman–Crippen MR) is 138 cm³/mol. The largest absolute Gasteiger partial charge is 0.408 e. The van der Waals surface area contributed by atoms with E-state index in [9.17, 15) is 13.2 Å². The predicted octanol–water partition coefficient (Wildman–Crippen LogP) is 3.50. The normalized spacial score (nSPS) is 23.2. The van der Waals surface area contributed by atoms with Crippen molar-refractivity contribution in [3.63, 3.8) is 0 Å². The summed E-state index contributed by atoms with van der Waals surface area (Å²) in [6.07, 6.45) is -1.65. The van der Waals surface area contributed by atoms with Gasteiger partial charge in [-0.3, -0.25) is 9.30 Å². The van der Waals surface area contributed by atoms with Crippen molar-refractivity contribution >= 4 is 16.6 Å². The highest BCUT2D eigenvalue weighted by Gasteiger charge is 2.46. The topological polar surface area (TPSA) is 93.6 Å². The van der Waals surface area contributed by atoms with Gasteiger partial charge in [0, 0.05) is 37.1 Å². The maximum atomic E-state index is 14.2. The van der Waals surface area contributed by atoms with Crippen molar-refractivity contribution in [2.24, 2.45) is 5.73 Å². The lowest BCUT2D eigenvalue weighted by Gasteiger charge is -2.37. The highest BCUT2D eigenvalue weighted by molar-refractivity contribution is 5.84. The van der Waals surface area contributed by atoms with Crippen LogP contribution in [0.5, 0.6) is 0 Å². The number of likely N-dealkylation sites (N-methyl/N-ethyl adjacent to an activating group) is 1. The van der Waals surface area contributed by atoms with Crippen LogP contribution in [0.15, 0.2) is 48.7 Å². The fourth-order valence-corrected chi connectivity index (χ4v) is 5.60. The number of benzene rings is 1. The first-order valence-corrected chi connectivity index (χ1v) is 13.0. The second kappa shape index (κ2) is 9.88. The molecule has 0 spiro atoms. The Morgan fingerprint density at radius 1 is 1.16 bits per heavy atom. The molecule has 1 aromatic carbocycles. The Hall–Kier alpha value is -3.12. The standard InChI is InChI=1S/C27H30F3N7O/c1-2-32-21-15-38-22(21)12-17-5-3-4-16-6-8-20(33-24(16)17)26-35-34-23-9-7-18(13-37(23)26)25(27(28,29)30)36-11-10-19(31)14-36/h3-9,13,19,21-22,25,32H,2,10-12,14-15,31H2,1H3. The number of nitrogens with two attached hydrogens (primary N) is 1. The van der Waals surface area contributed by atoms with Crippen LogP contribution in [0, 0.1) is 0 Å². The van der Waals surface area contributed by atoms with Gasteiger partial charge in [-0.05, 0) is 36.2 Å². The number of alkyl halides is 3. The summed E-state index contributed by atoms with van der Waals surface area (Å²) in [5.74, 6) is 0.392. The average Bonchev–Trinajstić information content (AvgIpc) is 3.50. The number of nitrogens with one attached hydrogen (secondary N) is 1. The number of rotatable bonds is 7. The fraction of sp³-hybridized carbons (Fsp3) is 0.444. The minimum absolute atomic E-state index is 0.0699. The second-order valence-corrected chi connectivity index (χ2v) is 10.1. The van der Waals surface area contributed by atoms with Gasteiger partial charge in [0.2, 0.25) is 0 Å². The zero-order valence-corrected chi connectivity index (χ0v) is 21.0. The highest BCUT2D eigenvalue weighted by atomic mass is 19.4. The summed E-state index contributed by atoms with van der Waals surface area (Å²) in [6, 6.07) is 11.2. The lowest BCUT2D eigenvalue weighted by molar-refractivity contribution is -0.183. The molecule has 4 atom stereocenters. The van der Waals surface area contributed by atoms with Crippen LogP contribution in [0.3, 0.4) is 0 Å². The summed E-state index contributed by atoms with van der Waals surface area (Å²) in [4.78, 5) is 6.31. The monoisotopic (exact) mass is 525 g/mol. The van der Waals surface area contributed by atoms with E-state index in [1.165, 1.54) is 17.2 Å². The van der Waals surface area contributed by atoms with E-state index >= 15 is 0 Å². The molecule has 2 saturated heterocycles. The second-order valence-electron chi connectivity index (χ2n) is 10.1. The Balaban J connectivity index is 1.38. The van der Waals surface area contributed by atoms with Crippen molar-refractivity contribution in [2.45, 2.75) is 50.2 Å². The third kappa shape index (κ3) is 4.64. The summed E-state index contributed by atoms with van der Waals surface area (Å²) in [7, 11) is 0. The van der Waals surface area contributed by atoms with Crippen molar-refractivity contribution < 1.29 is 17.9 Å². The zero-order valence-electron chi connectivity index (χ0n) is 21.0. The molecule has 3 N–H and O–H groups in total. The molecule has 5 heterocycles. The first-order valence-electron chi connectivity index (χ1n) is 13.0. The lowest BCUT2D eigenvalue weighted by Crippen LogP contribution is -2.55. The van der Waals surface area contributed by atoms with Crippen LogP contribution in [0.2, 0.25) is 0 Å². The zero-order chi connectivity index (χ0) is 26.4. The molecule has 2 aliphatic heterocycles. The first-order chi connectivity index (χ1) is 18.3. The summed E-state index contributed by atoms with van der Waals surface area (Å²) < 4.78 is 50.0. The third-order valence-electron chi connectivity index (χ3n) is 7.53. The molecule has 2 fully saturated rings. The molecule has 3 aromatic heterocycles. The van der Waals surface area contributed by atoms with Crippen molar-refractivity contribution in [2.75, 3.05) is 26.2 Å². The smallest absolute Gasteiger partial charge is 0.374 e. The van der Waals surface area contributed by atoms with E-state index < -0.39 is 12.2 Å². The van der Waals surface area contributed by atoms with Crippen LogP contribution in [-0.2, 0) is 11.2 Å². The van der Waals surface area contributed by atoms with Gasteiger partial charge in [0.25, 0.3) is 0 Å². The van der Waals surface area contributed by atoms with Crippen LogP contribution in [0.25, 0.3) is 28.1 Å². The SMILES string of the molecule is CCNC1COC1Cc1cccc2ccc(-c3nnc4ccc(C(N5CCC(N)C5)C(F)(F)F)cn34)nc12. The first kappa shape index (κ1) is 25.2. The molecular weight excluding hydrogens is 495 g/mol. The van der Waals surface area contributed by atoms with Crippen molar-refractivity contribution in [1.82, 2.24) is 29.8 Å². The van der Waals surface area contributed by atoms with Crippen LogP contribution in [-0.4, -0.2) is 75.1 Å². The van der Waals surface area contributed by atoms with E-state index in [1.54, 1.807) is 10.5 Å². The number of para-hydroxylation sites is 1. The highest BCUT2D eigenvalue weighted by Crippen LogP contribution is 2.39. The molecule has 0 aliphatic carbocycles. The van der Waals surface area contributed by atoms with E-state index in [1.807, 2.05) is 30.3 Å². The summed E-state index contributed by atoms with van der Waals surface area (Å²) in [5, 5.41) is 12.9. The van der Waals surface area contributed by atoms with Crippen molar-refractivity contribution in [1.29, 1.82) is 0 Å². The van der Waals surface area contributed by atoms with Crippen LogP contribution in [0.1, 0.15) is 30.5 Å². The van der Waals surface area contributed by atoms with E-state index in [-0.39, 0.29) is 24.3 Å². The van der Waals surface area contributed by atoms with Gasteiger partial charge in [-0.1, -0.05) is 37.3 Å². The molecule has 2 aliphatic rings. The minimum Gasteiger partial charge on any atom is -0.374 e. The van der Waals surface area contributed by atoms with Gasteiger partial charge in [0.05, 0.1) is 24.3 Å². The number of halogens is 3. The number of hydrogen-bond donors (Lipinski definition) is 2. The van der Waals surface area contributed by atoms with Gasteiger partial charge in [-0.2, -0.15) is 13.2 Å². The van der Waals surface area contributed by atoms with Crippen LogP contribution in [0.4, 0.5) is 13.2 Å². The minimum atomic E-state index is -4.45. The molecule has 0 radical (unpaired) electrons. The molecule has 4 aromatic rings. The van der Waals surface area contributed by atoms with Gasteiger partial charge in [-0.15, -0.1) is 10.2 Å². The summed E-state index contributed by atoms with van der Waals surface area (Å²) >= 11 is 0. The number of nitrogens with zero attached hydrogens (tertiary/aromatic N) is 5. The van der Waals surface area contributed by atoms with Crippen LogP contribution < -0.4 is 11.1 Å². The summed E-state index contributed by atoms with van der Waals surface area (Å²) in [6.45, 7) is 4.15. The van der Waals surface area contributed by atoms with Crippen molar-refractivity contribution in [3.8, 4) is 11.5 Å². The fourth-order valence-electron chi connectivity index (χ4n) is 5.60. The molecule has 8 nitrogen and oxygen atoms in total. The summed E-state index contributed by atoms with van der Waals surface area (Å²) in [5.41, 5.74) is 8.92. The molecule has 0 saturated carbocycles. The lowest BCUT2D eigenvalue weighted by atomic mass is 9.96. The number of aromatic nitrogens is 4. The Labute approximate surface area is 218 Å². The number of fused-ring (bicyclic) bond motifs is 2.